The van der Waals surface area contributed by atoms with Gasteiger partial charge < -0.3 is 5.32 Å². The number of thiazole rings is 1. The van der Waals surface area contributed by atoms with E-state index in [4.69, 9.17) is 16.6 Å². The van der Waals surface area contributed by atoms with Gasteiger partial charge in [0, 0.05) is 22.7 Å². The molecule has 1 saturated carbocycles. The molecule has 0 radical (unpaired) electrons. The number of imidazole rings is 1. The lowest BCUT2D eigenvalue weighted by Crippen LogP contribution is -2.16. The molecule has 4 rings (SSSR count). The average molecular weight is 364 g/mol. The van der Waals surface area contributed by atoms with Crippen molar-refractivity contribution in [3.63, 3.8) is 0 Å². The van der Waals surface area contributed by atoms with Gasteiger partial charge in [0.25, 0.3) is 0 Å². The molecule has 1 aromatic carbocycles. The molecule has 1 fully saturated rings. The zero-order chi connectivity index (χ0) is 16.7. The first-order valence-corrected chi connectivity index (χ1v) is 9.64. The molecule has 3 nitrogen and oxygen atoms in total. The Morgan fingerprint density at radius 2 is 2.17 bits per heavy atom. The number of nitrogens with one attached hydrogen (secondary N) is 1. The van der Waals surface area contributed by atoms with Crippen LogP contribution < -0.4 is 5.32 Å². The van der Waals surface area contributed by atoms with E-state index >= 15 is 0 Å². The zero-order valence-electron chi connectivity index (χ0n) is 13.5. The molecule has 2 aromatic heterocycles. The lowest BCUT2D eigenvalue weighted by molar-refractivity contribution is 0.628. The third-order valence-corrected chi connectivity index (χ3v) is 5.87. The van der Waals surface area contributed by atoms with Crippen LogP contribution in [0.15, 0.2) is 23.6 Å². The molecule has 0 atom stereocenters. The maximum absolute atomic E-state index is 13.4. The standard InChI is InChI=1S/C18H19ClFN3S/c1-2-13-10-24-18-22-16(14-8-7-11(20)9-15(14)19)17(23(13)18)21-12-5-3-4-6-12/h7-10,12,21H,2-6H2,1H3. The van der Waals surface area contributed by atoms with Crippen molar-refractivity contribution >= 4 is 33.7 Å². The molecule has 0 spiro atoms. The van der Waals surface area contributed by atoms with Crippen molar-refractivity contribution in [1.29, 1.82) is 0 Å². The Balaban J connectivity index is 1.88. The Labute approximate surface area is 149 Å². The molecule has 0 bridgehead atoms. The maximum Gasteiger partial charge on any atom is 0.196 e. The van der Waals surface area contributed by atoms with Gasteiger partial charge in [-0.2, -0.15) is 0 Å². The number of hydrogen-bond donors (Lipinski definition) is 1. The quantitative estimate of drug-likeness (QED) is 0.637. The molecule has 24 heavy (non-hydrogen) atoms. The minimum atomic E-state index is -0.329. The minimum Gasteiger partial charge on any atom is -0.367 e. The monoisotopic (exact) mass is 363 g/mol. The van der Waals surface area contributed by atoms with Gasteiger partial charge in [0.2, 0.25) is 0 Å². The Morgan fingerprint density at radius 1 is 1.38 bits per heavy atom. The number of rotatable bonds is 4. The molecule has 0 unspecified atom stereocenters. The fraction of sp³-hybridized carbons (Fsp3) is 0.389. The van der Waals surface area contributed by atoms with Crippen molar-refractivity contribution in [2.75, 3.05) is 5.32 Å². The van der Waals surface area contributed by atoms with Gasteiger partial charge >= 0.3 is 0 Å². The molecule has 0 aliphatic heterocycles. The smallest absolute Gasteiger partial charge is 0.196 e. The van der Waals surface area contributed by atoms with E-state index in [1.165, 1.54) is 43.5 Å². The van der Waals surface area contributed by atoms with E-state index in [9.17, 15) is 4.39 Å². The highest BCUT2D eigenvalue weighted by Crippen LogP contribution is 2.37. The Hall–Kier alpha value is -1.59. The van der Waals surface area contributed by atoms with Crippen LogP contribution in [-0.4, -0.2) is 15.4 Å². The Bertz CT molecular complexity index is 880. The predicted molar refractivity (Wildman–Crippen MR) is 98.7 cm³/mol. The first-order valence-electron chi connectivity index (χ1n) is 8.38. The molecule has 6 heteroatoms. The lowest BCUT2D eigenvalue weighted by atomic mass is 10.1. The van der Waals surface area contributed by atoms with E-state index in [-0.39, 0.29) is 5.82 Å². The minimum absolute atomic E-state index is 0.329. The van der Waals surface area contributed by atoms with Gasteiger partial charge in [-0.3, -0.25) is 4.40 Å². The second-order valence-electron chi connectivity index (χ2n) is 6.26. The number of aromatic nitrogens is 2. The number of aryl methyl sites for hydroxylation is 1. The number of fused-ring (bicyclic) bond motifs is 1. The van der Waals surface area contributed by atoms with Crippen LogP contribution in [0.2, 0.25) is 5.02 Å². The van der Waals surface area contributed by atoms with Crippen LogP contribution in [-0.2, 0) is 6.42 Å². The highest BCUT2D eigenvalue weighted by Gasteiger charge is 2.23. The van der Waals surface area contributed by atoms with E-state index in [0.717, 1.165) is 28.5 Å². The van der Waals surface area contributed by atoms with E-state index in [0.29, 0.717) is 11.1 Å². The topological polar surface area (TPSA) is 29.3 Å². The summed E-state index contributed by atoms with van der Waals surface area (Å²) < 4.78 is 15.6. The fourth-order valence-electron chi connectivity index (χ4n) is 3.43. The van der Waals surface area contributed by atoms with Gasteiger partial charge in [0.05, 0.1) is 5.02 Å². The summed E-state index contributed by atoms with van der Waals surface area (Å²) in [6, 6.07) is 4.97. The number of nitrogens with zero attached hydrogens (tertiary/aromatic N) is 2. The van der Waals surface area contributed by atoms with Crippen LogP contribution in [0, 0.1) is 5.82 Å². The van der Waals surface area contributed by atoms with E-state index < -0.39 is 0 Å². The summed E-state index contributed by atoms with van der Waals surface area (Å²) in [5.41, 5.74) is 2.82. The highest BCUT2D eigenvalue weighted by molar-refractivity contribution is 7.15. The summed E-state index contributed by atoms with van der Waals surface area (Å²) >= 11 is 7.94. The van der Waals surface area contributed by atoms with Gasteiger partial charge in [0.1, 0.15) is 17.3 Å². The second kappa shape index (κ2) is 6.37. The number of benzene rings is 1. The highest BCUT2D eigenvalue weighted by atomic mass is 35.5. The predicted octanol–water partition coefficient (Wildman–Crippen LogP) is 5.77. The first-order chi connectivity index (χ1) is 11.7. The van der Waals surface area contributed by atoms with Crippen molar-refractivity contribution in [3.05, 3.63) is 40.1 Å². The summed E-state index contributed by atoms with van der Waals surface area (Å²) in [6.07, 6.45) is 5.81. The van der Waals surface area contributed by atoms with E-state index in [1.54, 1.807) is 17.4 Å². The number of hydrogen-bond acceptors (Lipinski definition) is 3. The molecule has 3 aromatic rings. The summed E-state index contributed by atoms with van der Waals surface area (Å²) in [6.45, 7) is 2.14. The molecule has 1 N–H and O–H groups in total. The van der Waals surface area contributed by atoms with E-state index in [2.05, 4.69) is 22.0 Å². The van der Waals surface area contributed by atoms with Crippen molar-refractivity contribution in [2.45, 2.75) is 45.1 Å². The molecule has 2 heterocycles. The molecule has 1 aliphatic carbocycles. The number of anilines is 1. The van der Waals surface area contributed by atoms with Crippen molar-refractivity contribution in [2.24, 2.45) is 0 Å². The largest absolute Gasteiger partial charge is 0.367 e. The molecule has 126 valence electrons. The van der Waals surface area contributed by atoms with Gasteiger partial charge in [-0.25, -0.2) is 9.37 Å². The normalized spacial score (nSPS) is 15.5. The van der Waals surface area contributed by atoms with Crippen molar-refractivity contribution < 1.29 is 4.39 Å². The molecular weight excluding hydrogens is 345 g/mol. The first kappa shape index (κ1) is 15.9. The van der Waals surface area contributed by atoms with Crippen molar-refractivity contribution in [1.82, 2.24) is 9.38 Å². The lowest BCUT2D eigenvalue weighted by Gasteiger charge is -2.15. The second-order valence-corrected chi connectivity index (χ2v) is 7.50. The fourth-order valence-corrected chi connectivity index (χ4v) is 4.65. The summed E-state index contributed by atoms with van der Waals surface area (Å²) in [7, 11) is 0. The summed E-state index contributed by atoms with van der Waals surface area (Å²) in [4.78, 5) is 5.74. The van der Waals surface area contributed by atoms with Gasteiger partial charge in [-0.15, -0.1) is 11.3 Å². The third-order valence-electron chi connectivity index (χ3n) is 4.68. The Kier molecular flexibility index (Phi) is 4.22. The molecule has 0 amide bonds. The molecule has 0 saturated heterocycles. The maximum atomic E-state index is 13.4. The van der Waals surface area contributed by atoms with Gasteiger partial charge in [0.15, 0.2) is 4.96 Å². The van der Waals surface area contributed by atoms with Crippen molar-refractivity contribution in [3.8, 4) is 11.3 Å². The molecule has 1 aliphatic rings. The summed E-state index contributed by atoms with van der Waals surface area (Å²) in [5.74, 6) is 0.660. The van der Waals surface area contributed by atoms with Crippen LogP contribution >= 0.6 is 22.9 Å². The van der Waals surface area contributed by atoms with Crippen LogP contribution in [0.1, 0.15) is 38.3 Å². The van der Waals surface area contributed by atoms with Crippen LogP contribution in [0.5, 0.6) is 0 Å². The van der Waals surface area contributed by atoms with Gasteiger partial charge in [-0.05, 0) is 37.5 Å². The van der Waals surface area contributed by atoms with Crippen LogP contribution in [0.4, 0.5) is 10.2 Å². The Morgan fingerprint density at radius 3 is 2.88 bits per heavy atom. The molecular formula is C18H19ClFN3S. The zero-order valence-corrected chi connectivity index (χ0v) is 15.1. The average Bonchev–Trinajstić information content (AvgIpc) is 3.26. The van der Waals surface area contributed by atoms with E-state index in [1.807, 2.05) is 0 Å². The SMILES string of the molecule is CCc1csc2nc(-c3ccc(F)cc3Cl)c(NC3CCCC3)n12. The number of halogens is 2. The van der Waals surface area contributed by atoms with Gasteiger partial charge in [-0.1, -0.05) is 31.4 Å². The van der Waals surface area contributed by atoms with Crippen LogP contribution in [0.25, 0.3) is 16.2 Å². The summed E-state index contributed by atoms with van der Waals surface area (Å²) in [5, 5.41) is 6.24. The van der Waals surface area contributed by atoms with Crippen LogP contribution in [0.3, 0.4) is 0 Å². The third kappa shape index (κ3) is 2.70.